The van der Waals surface area contributed by atoms with Crippen molar-refractivity contribution in [1.29, 1.82) is 0 Å². The van der Waals surface area contributed by atoms with Crippen LogP contribution in [0.25, 0.3) is 82.1 Å². The van der Waals surface area contributed by atoms with Crippen molar-refractivity contribution in [2.75, 3.05) is 4.90 Å². The highest BCUT2D eigenvalue weighted by molar-refractivity contribution is 6.22. The number of ether oxygens (including phenoxy) is 1. The smallest absolute Gasteiger partial charge is 0.137 e. The average molecular weight is 926 g/mol. The lowest BCUT2D eigenvalue weighted by atomic mass is 9.84. The number of benzene rings is 8. The zero-order valence-corrected chi connectivity index (χ0v) is 42.2. The fourth-order valence-electron chi connectivity index (χ4n) is 10.8. The van der Waals surface area contributed by atoms with Gasteiger partial charge in [0.25, 0.3) is 0 Å². The molecule has 0 amide bonds. The standard InChI is InChI=1S/C66H60N4O/c1-64(2,3)43-19-14-18-42(36-43)49-25-16-26-55-52-32-30-44(65(4,5)6)37-57(52)51-23-11-10-22-50(51)56-27-17-29-59-63(56)69(62(49)55)41-68(59)46-20-15-21-47(39-46)71-48-31-33-54-53-24-12-13-28-58(53)70(60(54)40-48)61-38-45(34-35-67-61)66(7,8)9/h10-40H,41H2,1-9H3/i14D. The predicted octanol–water partition coefficient (Wildman–Crippen LogP) is 18.2. The molecule has 8 aromatic carbocycles. The van der Waals surface area contributed by atoms with Crippen molar-refractivity contribution in [3.8, 4) is 28.4 Å². The Morgan fingerprint density at radius 1 is 0.465 bits per heavy atom. The van der Waals surface area contributed by atoms with Crippen LogP contribution in [0.1, 0.15) is 80.4 Å². The van der Waals surface area contributed by atoms with Crippen molar-refractivity contribution in [3.05, 3.63) is 205 Å². The summed E-state index contributed by atoms with van der Waals surface area (Å²) in [7, 11) is 0. The maximum absolute atomic E-state index is 9.12. The molecule has 1 aliphatic rings. The molecule has 4 heterocycles. The molecule has 11 aromatic rings. The SMILES string of the molecule is [2H]c1cc(-c2cccc3c4ccc(C(C)(C)C)cc4c4ccccc4c4cccc5c4n(c23)CN5c2cccc(Oc3ccc4c5ccccc5n(-c5cc(C(C)(C)C)ccn5)c4c3)c2)cc(C(C)(C)C)c1. The number of anilines is 2. The van der Waals surface area contributed by atoms with Gasteiger partial charge in [0.15, 0.2) is 0 Å². The van der Waals surface area contributed by atoms with Crippen LogP contribution < -0.4 is 9.64 Å². The molecule has 0 radical (unpaired) electrons. The summed E-state index contributed by atoms with van der Waals surface area (Å²) in [6.07, 6.45) is 1.92. The first-order valence-corrected chi connectivity index (χ1v) is 25.0. The van der Waals surface area contributed by atoms with E-state index in [0.717, 1.165) is 78.2 Å². The monoisotopic (exact) mass is 925 g/mol. The minimum absolute atomic E-state index is 0.0257. The van der Waals surface area contributed by atoms with Gasteiger partial charge in [-0.1, -0.05) is 178 Å². The average Bonchev–Trinajstić information content (AvgIpc) is 3.92. The normalized spacial score (nSPS) is 13.3. The third kappa shape index (κ3) is 7.58. The first-order valence-electron chi connectivity index (χ1n) is 25.5. The second-order valence-corrected chi connectivity index (χ2v) is 22.5. The van der Waals surface area contributed by atoms with Gasteiger partial charge in [-0.3, -0.25) is 4.57 Å². The number of rotatable bonds is 5. The summed E-state index contributed by atoms with van der Waals surface area (Å²) in [6.45, 7) is 20.8. The lowest BCUT2D eigenvalue weighted by Crippen LogP contribution is -2.15. The van der Waals surface area contributed by atoms with E-state index >= 15 is 0 Å². The molecule has 0 aliphatic carbocycles. The van der Waals surface area contributed by atoms with E-state index in [2.05, 4.69) is 234 Å². The molecule has 12 rings (SSSR count). The number of hydrogen-bond donors (Lipinski definition) is 0. The third-order valence-corrected chi connectivity index (χ3v) is 14.7. The molecule has 0 unspecified atom stereocenters. The number of pyridine rings is 1. The molecule has 5 heteroatoms. The van der Waals surface area contributed by atoms with Gasteiger partial charge < -0.3 is 14.2 Å². The van der Waals surface area contributed by atoms with E-state index in [1.54, 1.807) is 0 Å². The fraction of sp³-hybridized carbons (Fsp3) is 0.197. The van der Waals surface area contributed by atoms with Gasteiger partial charge in [-0.2, -0.15) is 0 Å². The minimum atomic E-state index is -0.138. The van der Waals surface area contributed by atoms with Crippen LogP contribution in [0.4, 0.5) is 11.4 Å². The summed E-state index contributed by atoms with van der Waals surface area (Å²) in [4.78, 5) is 7.35. The van der Waals surface area contributed by atoms with Crippen molar-refractivity contribution in [3.63, 3.8) is 0 Å². The zero-order valence-electron chi connectivity index (χ0n) is 43.2. The molecule has 0 atom stereocenters. The Hall–Kier alpha value is -7.89. The van der Waals surface area contributed by atoms with Crippen LogP contribution in [0.5, 0.6) is 11.5 Å². The van der Waals surface area contributed by atoms with Crippen LogP contribution in [0, 0.1) is 0 Å². The van der Waals surface area contributed by atoms with Crippen LogP contribution >= 0.6 is 0 Å². The van der Waals surface area contributed by atoms with Crippen molar-refractivity contribution in [2.24, 2.45) is 0 Å². The van der Waals surface area contributed by atoms with Gasteiger partial charge in [0.05, 0.1) is 29.1 Å². The lowest BCUT2D eigenvalue weighted by Gasteiger charge is -2.22. The molecule has 1 aliphatic heterocycles. The molecular weight excluding hydrogens is 865 g/mol. The topological polar surface area (TPSA) is 35.2 Å². The molecule has 0 fully saturated rings. The molecular formula is C66H60N4O. The molecule has 0 spiro atoms. The highest BCUT2D eigenvalue weighted by Crippen LogP contribution is 2.46. The molecule has 0 N–H and O–H groups in total. The van der Waals surface area contributed by atoms with E-state index in [1.807, 2.05) is 24.4 Å². The second-order valence-electron chi connectivity index (χ2n) is 22.5. The number of fused-ring (bicyclic) bond motifs is 10. The first kappa shape index (κ1) is 43.2. The van der Waals surface area contributed by atoms with Gasteiger partial charge in [-0.05, 0) is 115 Å². The Balaban J connectivity index is 1.06. The summed E-state index contributed by atoms with van der Waals surface area (Å²) in [5, 5.41) is 9.44. The van der Waals surface area contributed by atoms with E-state index in [9.17, 15) is 0 Å². The number of hydrogen-bond acceptors (Lipinski definition) is 3. The summed E-state index contributed by atoms with van der Waals surface area (Å²) in [5.74, 6) is 2.38. The molecule has 0 saturated heterocycles. The maximum Gasteiger partial charge on any atom is 0.137 e. The Morgan fingerprint density at radius 3 is 1.85 bits per heavy atom. The van der Waals surface area contributed by atoms with Crippen LogP contribution in [-0.4, -0.2) is 14.1 Å². The van der Waals surface area contributed by atoms with E-state index in [0.29, 0.717) is 12.7 Å². The summed E-state index contributed by atoms with van der Waals surface area (Å²) >= 11 is 0. The largest absolute Gasteiger partial charge is 0.457 e. The van der Waals surface area contributed by atoms with Crippen LogP contribution in [0.15, 0.2) is 188 Å². The van der Waals surface area contributed by atoms with E-state index in [4.69, 9.17) is 11.1 Å². The second kappa shape index (κ2) is 16.3. The van der Waals surface area contributed by atoms with Crippen molar-refractivity contribution >= 4 is 76.5 Å². The van der Waals surface area contributed by atoms with E-state index < -0.39 is 0 Å². The van der Waals surface area contributed by atoms with E-state index in [1.165, 1.54) is 43.4 Å². The van der Waals surface area contributed by atoms with Crippen molar-refractivity contribution in [2.45, 2.75) is 85.2 Å². The molecule has 350 valence electrons. The van der Waals surface area contributed by atoms with Gasteiger partial charge in [-0.15, -0.1) is 0 Å². The predicted molar refractivity (Wildman–Crippen MR) is 301 cm³/mol. The Labute approximate surface area is 418 Å². The van der Waals surface area contributed by atoms with Gasteiger partial charge >= 0.3 is 0 Å². The zero-order chi connectivity index (χ0) is 49.8. The van der Waals surface area contributed by atoms with Gasteiger partial charge in [0.2, 0.25) is 0 Å². The summed E-state index contributed by atoms with van der Waals surface area (Å²) in [6, 6.07) is 64.2. The minimum Gasteiger partial charge on any atom is -0.457 e. The first-order chi connectivity index (χ1) is 34.5. The Morgan fingerprint density at radius 2 is 1.07 bits per heavy atom. The van der Waals surface area contributed by atoms with Crippen molar-refractivity contribution < 1.29 is 6.11 Å². The number of nitrogens with zero attached hydrogens (tertiary/aromatic N) is 4. The molecule has 5 nitrogen and oxygen atoms in total. The third-order valence-electron chi connectivity index (χ3n) is 14.7. The van der Waals surface area contributed by atoms with Crippen LogP contribution in [0.2, 0.25) is 0 Å². The van der Waals surface area contributed by atoms with E-state index in [-0.39, 0.29) is 16.2 Å². The molecule has 3 aromatic heterocycles. The van der Waals surface area contributed by atoms with Gasteiger partial charge in [-0.25, -0.2) is 4.98 Å². The van der Waals surface area contributed by atoms with Crippen LogP contribution in [0.3, 0.4) is 0 Å². The van der Waals surface area contributed by atoms with Gasteiger partial charge in [0.1, 0.15) is 24.0 Å². The van der Waals surface area contributed by atoms with Crippen LogP contribution in [-0.2, 0) is 22.9 Å². The number of para-hydroxylation sites is 3. The number of aromatic nitrogens is 3. The fourth-order valence-corrected chi connectivity index (χ4v) is 10.8. The quantitative estimate of drug-likeness (QED) is 0.173. The Kier molecular flexibility index (Phi) is 9.94. The Bertz CT molecular complexity index is 4080. The molecule has 0 saturated carbocycles. The van der Waals surface area contributed by atoms with Crippen molar-refractivity contribution in [1.82, 2.24) is 14.1 Å². The molecule has 71 heavy (non-hydrogen) atoms. The highest BCUT2D eigenvalue weighted by Gasteiger charge is 2.27. The summed E-state index contributed by atoms with van der Waals surface area (Å²) < 4.78 is 20.8. The molecule has 0 bridgehead atoms. The lowest BCUT2D eigenvalue weighted by molar-refractivity contribution is 0.483. The summed E-state index contributed by atoms with van der Waals surface area (Å²) in [5.41, 5.74) is 12.1. The highest BCUT2D eigenvalue weighted by atomic mass is 16.5. The van der Waals surface area contributed by atoms with Gasteiger partial charge in [0, 0.05) is 51.1 Å². The maximum atomic E-state index is 9.12.